The smallest absolute Gasteiger partial charge is 0.242 e. The van der Waals surface area contributed by atoms with E-state index in [2.05, 4.69) is 12.1 Å². The summed E-state index contributed by atoms with van der Waals surface area (Å²) >= 11 is 0. The quantitative estimate of drug-likeness (QED) is 0.908. The topological polar surface area (TPSA) is 46.3 Å². The first-order chi connectivity index (χ1) is 8.12. The summed E-state index contributed by atoms with van der Waals surface area (Å²) in [5, 5.41) is 0. The van der Waals surface area contributed by atoms with Gasteiger partial charge in [0.05, 0.1) is 5.54 Å². The average molecular weight is 269 g/mol. The molecule has 0 spiro atoms. The average Bonchev–Trinajstić information content (AvgIpc) is 2.33. The number of carbonyl (C=O) groups excluding carboxylic acids is 1. The van der Waals surface area contributed by atoms with Crippen LogP contribution in [0.1, 0.15) is 24.8 Å². The number of amides is 1. The van der Waals surface area contributed by atoms with Gasteiger partial charge in [-0.3, -0.25) is 4.79 Å². The Morgan fingerprint density at radius 2 is 1.94 bits per heavy atom. The molecule has 1 aromatic rings. The normalized spacial score (nSPS) is 16.3. The predicted octanol–water partition coefficient (Wildman–Crippen LogP) is 1.99. The van der Waals surface area contributed by atoms with Gasteiger partial charge in [-0.15, -0.1) is 12.4 Å². The fraction of sp³-hybridized carbons (Fsp3) is 0.500. The van der Waals surface area contributed by atoms with E-state index in [9.17, 15) is 4.79 Å². The van der Waals surface area contributed by atoms with Crippen molar-refractivity contribution >= 4 is 18.3 Å². The van der Waals surface area contributed by atoms with Crippen molar-refractivity contribution in [3.63, 3.8) is 0 Å². The highest BCUT2D eigenvalue weighted by Crippen LogP contribution is 2.30. The molecule has 1 aromatic carbocycles. The Bertz CT molecular complexity index is 390. The standard InChI is InChI=1S/C14H20N2O.ClH/c1-16(13(17)14(15)9-5-10-14)11-8-12-6-3-2-4-7-12;/h2-4,6-7H,5,8-11,15H2,1H3;1H. The number of likely N-dealkylation sites (N-methyl/N-ethyl adjacent to an activating group) is 1. The van der Waals surface area contributed by atoms with Crippen LogP contribution in [0.5, 0.6) is 0 Å². The fourth-order valence-corrected chi connectivity index (χ4v) is 2.19. The zero-order valence-electron chi connectivity index (χ0n) is 10.8. The molecule has 2 N–H and O–H groups in total. The van der Waals surface area contributed by atoms with Crippen LogP contribution in [0.4, 0.5) is 0 Å². The zero-order chi connectivity index (χ0) is 12.3. The fourth-order valence-electron chi connectivity index (χ4n) is 2.19. The van der Waals surface area contributed by atoms with Gasteiger partial charge in [0.25, 0.3) is 0 Å². The van der Waals surface area contributed by atoms with Crippen LogP contribution in [-0.4, -0.2) is 29.9 Å². The lowest BCUT2D eigenvalue weighted by Crippen LogP contribution is -2.59. The highest BCUT2D eigenvalue weighted by Gasteiger charge is 2.41. The van der Waals surface area contributed by atoms with E-state index in [1.165, 1.54) is 5.56 Å². The number of rotatable bonds is 4. The molecule has 2 rings (SSSR count). The Labute approximate surface area is 115 Å². The molecule has 18 heavy (non-hydrogen) atoms. The molecule has 0 radical (unpaired) electrons. The molecule has 0 heterocycles. The van der Waals surface area contributed by atoms with Gasteiger partial charge < -0.3 is 10.6 Å². The maximum absolute atomic E-state index is 12.1. The maximum Gasteiger partial charge on any atom is 0.242 e. The van der Waals surface area contributed by atoms with Gasteiger partial charge in [0.2, 0.25) is 5.91 Å². The van der Waals surface area contributed by atoms with E-state index in [4.69, 9.17) is 5.73 Å². The Balaban J connectivity index is 0.00000162. The van der Waals surface area contributed by atoms with Gasteiger partial charge >= 0.3 is 0 Å². The largest absolute Gasteiger partial charge is 0.344 e. The van der Waals surface area contributed by atoms with Gasteiger partial charge in [0.15, 0.2) is 0 Å². The number of hydrogen-bond donors (Lipinski definition) is 1. The predicted molar refractivity (Wildman–Crippen MR) is 75.8 cm³/mol. The van der Waals surface area contributed by atoms with Gasteiger partial charge in [0, 0.05) is 13.6 Å². The third kappa shape index (κ3) is 3.24. The molecule has 1 saturated carbocycles. The number of hydrogen-bond acceptors (Lipinski definition) is 2. The van der Waals surface area contributed by atoms with Crippen LogP contribution >= 0.6 is 12.4 Å². The summed E-state index contributed by atoms with van der Waals surface area (Å²) in [6.07, 6.45) is 3.64. The van der Waals surface area contributed by atoms with Gasteiger partial charge in [-0.2, -0.15) is 0 Å². The van der Waals surface area contributed by atoms with Crippen molar-refractivity contribution in [3.05, 3.63) is 35.9 Å². The lowest BCUT2D eigenvalue weighted by molar-refractivity contribution is -0.138. The van der Waals surface area contributed by atoms with E-state index >= 15 is 0 Å². The molecular formula is C14H21ClN2O. The molecule has 0 aliphatic heterocycles. The van der Waals surface area contributed by atoms with Crippen molar-refractivity contribution in [2.45, 2.75) is 31.2 Å². The van der Waals surface area contributed by atoms with Crippen LogP contribution in [0.15, 0.2) is 30.3 Å². The van der Waals surface area contributed by atoms with Crippen LogP contribution in [0.2, 0.25) is 0 Å². The van der Waals surface area contributed by atoms with E-state index in [1.54, 1.807) is 4.90 Å². The summed E-state index contributed by atoms with van der Waals surface area (Å²) in [7, 11) is 1.85. The van der Waals surface area contributed by atoms with Crippen molar-refractivity contribution < 1.29 is 4.79 Å². The molecule has 1 amide bonds. The molecule has 0 bridgehead atoms. The van der Waals surface area contributed by atoms with Crippen molar-refractivity contribution in [1.29, 1.82) is 0 Å². The minimum Gasteiger partial charge on any atom is -0.344 e. The van der Waals surface area contributed by atoms with Crippen molar-refractivity contribution in [2.75, 3.05) is 13.6 Å². The lowest BCUT2D eigenvalue weighted by Gasteiger charge is -2.39. The van der Waals surface area contributed by atoms with Crippen molar-refractivity contribution in [3.8, 4) is 0 Å². The molecular weight excluding hydrogens is 248 g/mol. The Kier molecular flexibility index (Phi) is 5.17. The number of nitrogens with two attached hydrogens (primary N) is 1. The second-order valence-corrected chi connectivity index (χ2v) is 4.97. The lowest BCUT2D eigenvalue weighted by atomic mass is 9.76. The molecule has 0 atom stereocenters. The van der Waals surface area contributed by atoms with Crippen LogP contribution in [0.3, 0.4) is 0 Å². The summed E-state index contributed by atoms with van der Waals surface area (Å²) in [4.78, 5) is 13.8. The molecule has 1 aliphatic rings. The second kappa shape index (κ2) is 6.21. The van der Waals surface area contributed by atoms with E-state index in [-0.39, 0.29) is 18.3 Å². The van der Waals surface area contributed by atoms with Crippen LogP contribution in [-0.2, 0) is 11.2 Å². The summed E-state index contributed by atoms with van der Waals surface area (Å²) in [5.74, 6) is 0.0969. The SMILES string of the molecule is CN(CCc1ccccc1)C(=O)C1(N)CCC1.Cl. The Morgan fingerprint density at radius 3 is 2.44 bits per heavy atom. The van der Waals surface area contributed by atoms with E-state index in [1.807, 2.05) is 25.2 Å². The Morgan fingerprint density at radius 1 is 1.33 bits per heavy atom. The second-order valence-electron chi connectivity index (χ2n) is 4.97. The first-order valence-corrected chi connectivity index (χ1v) is 6.20. The third-order valence-corrected chi connectivity index (χ3v) is 3.60. The monoisotopic (exact) mass is 268 g/mol. The Hall–Kier alpha value is -1.06. The van der Waals surface area contributed by atoms with E-state index < -0.39 is 5.54 Å². The number of halogens is 1. The maximum atomic E-state index is 12.1. The highest BCUT2D eigenvalue weighted by atomic mass is 35.5. The van der Waals surface area contributed by atoms with Gasteiger partial charge in [-0.05, 0) is 31.2 Å². The first-order valence-electron chi connectivity index (χ1n) is 6.20. The summed E-state index contributed by atoms with van der Waals surface area (Å²) in [6, 6.07) is 10.2. The summed E-state index contributed by atoms with van der Waals surface area (Å²) in [6.45, 7) is 0.738. The molecule has 4 heteroatoms. The van der Waals surface area contributed by atoms with E-state index in [0.717, 1.165) is 32.2 Å². The molecule has 0 saturated heterocycles. The number of carbonyl (C=O) groups is 1. The molecule has 1 aliphatic carbocycles. The third-order valence-electron chi connectivity index (χ3n) is 3.60. The number of nitrogens with zero attached hydrogens (tertiary/aromatic N) is 1. The summed E-state index contributed by atoms with van der Waals surface area (Å²) < 4.78 is 0. The van der Waals surface area contributed by atoms with Crippen LogP contribution < -0.4 is 5.73 Å². The highest BCUT2D eigenvalue weighted by molar-refractivity contribution is 5.86. The minimum absolute atomic E-state index is 0. The minimum atomic E-state index is -0.564. The van der Waals surface area contributed by atoms with Gasteiger partial charge in [-0.25, -0.2) is 0 Å². The molecule has 0 unspecified atom stereocenters. The van der Waals surface area contributed by atoms with Gasteiger partial charge in [-0.1, -0.05) is 30.3 Å². The van der Waals surface area contributed by atoms with Crippen molar-refractivity contribution in [2.24, 2.45) is 5.73 Å². The molecule has 3 nitrogen and oxygen atoms in total. The molecule has 0 aromatic heterocycles. The van der Waals surface area contributed by atoms with Gasteiger partial charge in [0.1, 0.15) is 0 Å². The molecule has 1 fully saturated rings. The molecule has 100 valence electrons. The van der Waals surface area contributed by atoms with Crippen LogP contribution in [0, 0.1) is 0 Å². The van der Waals surface area contributed by atoms with Crippen LogP contribution in [0.25, 0.3) is 0 Å². The zero-order valence-corrected chi connectivity index (χ0v) is 11.6. The number of benzene rings is 1. The first kappa shape index (κ1) is 15.0. The summed E-state index contributed by atoms with van der Waals surface area (Å²) in [5.41, 5.74) is 6.72. The van der Waals surface area contributed by atoms with Crippen molar-refractivity contribution in [1.82, 2.24) is 4.90 Å². The van der Waals surface area contributed by atoms with E-state index in [0.29, 0.717) is 0 Å².